The molecular formula is C45H29N3O. The summed E-state index contributed by atoms with van der Waals surface area (Å²) in [7, 11) is 0. The van der Waals surface area contributed by atoms with Gasteiger partial charge in [-0.1, -0.05) is 164 Å². The number of furan rings is 1. The summed E-state index contributed by atoms with van der Waals surface area (Å²) in [5.74, 6) is 1.86. The summed E-state index contributed by atoms with van der Waals surface area (Å²) < 4.78 is 6.64. The molecule has 0 fully saturated rings. The van der Waals surface area contributed by atoms with E-state index in [4.69, 9.17) is 19.4 Å². The third-order valence-electron chi connectivity index (χ3n) is 8.96. The van der Waals surface area contributed by atoms with E-state index in [-0.39, 0.29) is 0 Å². The van der Waals surface area contributed by atoms with Crippen molar-refractivity contribution in [3.63, 3.8) is 0 Å². The third kappa shape index (κ3) is 5.35. The van der Waals surface area contributed by atoms with Crippen LogP contribution in [0.3, 0.4) is 0 Å². The molecule has 2 heterocycles. The van der Waals surface area contributed by atoms with E-state index in [2.05, 4.69) is 97.1 Å². The van der Waals surface area contributed by atoms with Crippen molar-refractivity contribution >= 4 is 21.9 Å². The minimum absolute atomic E-state index is 0.605. The molecule has 0 unspecified atom stereocenters. The minimum Gasteiger partial charge on any atom is -0.455 e. The second-order valence-electron chi connectivity index (χ2n) is 12.0. The van der Waals surface area contributed by atoms with Gasteiger partial charge in [0.05, 0.1) is 0 Å². The third-order valence-corrected chi connectivity index (χ3v) is 8.96. The lowest BCUT2D eigenvalue weighted by atomic mass is 9.96. The summed E-state index contributed by atoms with van der Waals surface area (Å²) in [5.41, 5.74) is 11.3. The molecule has 0 aliphatic carbocycles. The number of para-hydroxylation sites is 1. The van der Waals surface area contributed by atoms with E-state index in [1.54, 1.807) is 0 Å². The molecule has 0 spiro atoms. The summed E-state index contributed by atoms with van der Waals surface area (Å²) in [6.07, 6.45) is 0. The highest BCUT2D eigenvalue weighted by atomic mass is 16.3. The molecule has 9 rings (SSSR count). The topological polar surface area (TPSA) is 51.8 Å². The predicted molar refractivity (Wildman–Crippen MR) is 200 cm³/mol. The Balaban J connectivity index is 1.15. The maximum absolute atomic E-state index is 6.64. The second-order valence-corrected chi connectivity index (χ2v) is 12.0. The quantitative estimate of drug-likeness (QED) is 0.184. The smallest absolute Gasteiger partial charge is 0.164 e. The molecule has 9 aromatic rings. The van der Waals surface area contributed by atoms with Gasteiger partial charge in [0.15, 0.2) is 17.5 Å². The lowest BCUT2D eigenvalue weighted by molar-refractivity contribution is 0.670. The van der Waals surface area contributed by atoms with Gasteiger partial charge in [-0.05, 0) is 39.9 Å². The molecule has 0 N–H and O–H groups in total. The van der Waals surface area contributed by atoms with Crippen LogP contribution >= 0.6 is 0 Å². The van der Waals surface area contributed by atoms with Crippen molar-refractivity contribution in [2.24, 2.45) is 0 Å². The predicted octanol–water partition coefficient (Wildman–Crippen LogP) is 11.8. The van der Waals surface area contributed by atoms with Gasteiger partial charge in [-0.3, -0.25) is 0 Å². The van der Waals surface area contributed by atoms with Crippen molar-refractivity contribution in [2.75, 3.05) is 0 Å². The van der Waals surface area contributed by atoms with Crippen LogP contribution in [0.2, 0.25) is 0 Å². The maximum atomic E-state index is 6.64. The molecule has 2 aromatic heterocycles. The first-order chi connectivity index (χ1) is 24.3. The largest absolute Gasteiger partial charge is 0.455 e. The number of hydrogen-bond donors (Lipinski definition) is 0. The Labute approximate surface area is 284 Å². The molecule has 0 saturated heterocycles. The van der Waals surface area contributed by atoms with Crippen LogP contribution in [0.25, 0.3) is 89.5 Å². The van der Waals surface area contributed by atoms with E-state index in [0.29, 0.717) is 17.5 Å². The lowest BCUT2D eigenvalue weighted by Crippen LogP contribution is -2.00. The molecule has 7 aromatic carbocycles. The lowest BCUT2D eigenvalue weighted by Gasteiger charge is -2.09. The molecule has 4 nitrogen and oxygen atoms in total. The zero-order valence-corrected chi connectivity index (χ0v) is 26.5. The fraction of sp³-hybridized carbons (Fsp3) is 0. The molecular weight excluding hydrogens is 599 g/mol. The molecule has 0 bridgehead atoms. The first-order valence-electron chi connectivity index (χ1n) is 16.4. The first-order valence-corrected chi connectivity index (χ1v) is 16.4. The van der Waals surface area contributed by atoms with Crippen molar-refractivity contribution in [1.29, 1.82) is 0 Å². The molecule has 0 aliphatic rings. The van der Waals surface area contributed by atoms with E-state index in [1.807, 2.05) is 78.9 Å². The first kappa shape index (κ1) is 28.6. The van der Waals surface area contributed by atoms with Crippen molar-refractivity contribution in [3.05, 3.63) is 176 Å². The molecule has 0 atom stereocenters. The van der Waals surface area contributed by atoms with Gasteiger partial charge in [-0.15, -0.1) is 0 Å². The van der Waals surface area contributed by atoms with Crippen LogP contribution in [0.4, 0.5) is 0 Å². The van der Waals surface area contributed by atoms with Gasteiger partial charge < -0.3 is 4.42 Å². The Bertz CT molecular complexity index is 2520. The Morgan fingerprint density at radius 2 is 0.796 bits per heavy atom. The minimum atomic E-state index is 0.605. The standard InChI is InChI=1S/C45H29N3O/c1-4-13-30(14-5-1)35-19-10-20-36(29-35)31-25-27-32(28-26-31)37-21-11-22-38-41-39(23-12-24-40(41)49-42(37)38)45-47-43(33-15-6-2-7-16-33)46-44(48-45)34-17-8-3-9-18-34/h1-29H. The van der Waals surface area contributed by atoms with Gasteiger partial charge in [-0.25, -0.2) is 15.0 Å². The fourth-order valence-corrected chi connectivity index (χ4v) is 6.54. The molecule has 0 aliphatic heterocycles. The summed E-state index contributed by atoms with van der Waals surface area (Å²) >= 11 is 0. The summed E-state index contributed by atoms with van der Waals surface area (Å²) in [4.78, 5) is 14.9. The molecule has 0 amide bonds. The fourth-order valence-electron chi connectivity index (χ4n) is 6.54. The molecule has 0 saturated carbocycles. The van der Waals surface area contributed by atoms with Gasteiger partial charge >= 0.3 is 0 Å². The van der Waals surface area contributed by atoms with E-state index in [1.165, 1.54) is 22.3 Å². The van der Waals surface area contributed by atoms with Gasteiger partial charge in [0.25, 0.3) is 0 Å². The Morgan fingerprint density at radius 3 is 1.43 bits per heavy atom. The SMILES string of the molecule is c1ccc(-c2cccc(-c3ccc(-c4cccc5c4oc4cccc(-c6nc(-c7ccccc7)nc(-c7ccccc7)n6)c45)cc3)c2)cc1. The zero-order valence-electron chi connectivity index (χ0n) is 26.5. The van der Waals surface area contributed by atoms with Crippen molar-refractivity contribution < 1.29 is 4.42 Å². The van der Waals surface area contributed by atoms with Crippen LogP contribution in [-0.4, -0.2) is 15.0 Å². The molecule has 230 valence electrons. The number of benzene rings is 7. The Hall–Kier alpha value is -6.65. The highest BCUT2D eigenvalue weighted by Gasteiger charge is 2.19. The van der Waals surface area contributed by atoms with Crippen molar-refractivity contribution in [3.8, 4) is 67.5 Å². The monoisotopic (exact) mass is 627 g/mol. The number of rotatable bonds is 6. The Kier molecular flexibility index (Phi) is 7.10. The van der Waals surface area contributed by atoms with Crippen LogP contribution in [0.15, 0.2) is 180 Å². The van der Waals surface area contributed by atoms with Crippen LogP contribution in [0, 0.1) is 0 Å². The van der Waals surface area contributed by atoms with Gasteiger partial charge in [-0.2, -0.15) is 0 Å². The van der Waals surface area contributed by atoms with Gasteiger partial charge in [0.2, 0.25) is 0 Å². The van der Waals surface area contributed by atoms with Crippen LogP contribution < -0.4 is 0 Å². The summed E-state index contributed by atoms with van der Waals surface area (Å²) in [6, 6.07) is 60.5. The van der Waals surface area contributed by atoms with Crippen LogP contribution in [-0.2, 0) is 0 Å². The maximum Gasteiger partial charge on any atom is 0.164 e. The van der Waals surface area contributed by atoms with E-state index >= 15 is 0 Å². The van der Waals surface area contributed by atoms with Crippen LogP contribution in [0.5, 0.6) is 0 Å². The molecule has 0 radical (unpaired) electrons. The average Bonchev–Trinajstić information content (AvgIpc) is 3.58. The van der Waals surface area contributed by atoms with E-state index in [9.17, 15) is 0 Å². The zero-order chi connectivity index (χ0) is 32.6. The Morgan fingerprint density at radius 1 is 0.327 bits per heavy atom. The summed E-state index contributed by atoms with van der Waals surface area (Å²) in [6.45, 7) is 0. The van der Waals surface area contributed by atoms with Crippen molar-refractivity contribution in [2.45, 2.75) is 0 Å². The van der Waals surface area contributed by atoms with Crippen molar-refractivity contribution in [1.82, 2.24) is 15.0 Å². The van der Waals surface area contributed by atoms with Gasteiger partial charge in [0, 0.05) is 33.0 Å². The highest BCUT2D eigenvalue weighted by Crippen LogP contribution is 2.40. The highest BCUT2D eigenvalue weighted by molar-refractivity contribution is 6.15. The number of hydrogen-bond acceptors (Lipinski definition) is 4. The van der Waals surface area contributed by atoms with Crippen LogP contribution in [0.1, 0.15) is 0 Å². The number of aromatic nitrogens is 3. The molecule has 4 heteroatoms. The average molecular weight is 628 g/mol. The normalized spacial score (nSPS) is 11.3. The van der Waals surface area contributed by atoms with E-state index in [0.717, 1.165) is 49.8 Å². The summed E-state index contributed by atoms with van der Waals surface area (Å²) in [5, 5.41) is 2.00. The number of fused-ring (bicyclic) bond motifs is 3. The molecule has 49 heavy (non-hydrogen) atoms. The second kappa shape index (κ2) is 12.2. The van der Waals surface area contributed by atoms with Gasteiger partial charge in [0.1, 0.15) is 11.2 Å². The van der Waals surface area contributed by atoms with E-state index < -0.39 is 0 Å². The number of nitrogens with zero attached hydrogens (tertiary/aromatic N) is 3.